The number of hydrogen-bond acceptors (Lipinski definition) is 6. The highest BCUT2D eigenvalue weighted by atomic mass is 16.5. The molecule has 0 unspecified atom stereocenters. The zero-order chi connectivity index (χ0) is 13.2. The molecule has 0 atom stereocenters. The van der Waals surface area contributed by atoms with Crippen LogP contribution >= 0.6 is 0 Å². The van der Waals surface area contributed by atoms with Gasteiger partial charge in [0.05, 0.1) is 13.2 Å². The normalized spacial score (nSPS) is 17.6. The van der Waals surface area contributed by atoms with Crippen molar-refractivity contribution in [1.82, 2.24) is 15.0 Å². The van der Waals surface area contributed by atoms with E-state index in [1.165, 1.54) is 0 Å². The third-order valence-electron chi connectivity index (χ3n) is 3.21. The Morgan fingerprint density at radius 1 is 1.50 bits per heavy atom. The summed E-state index contributed by atoms with van der Waals surface area (Å²) in [5.74, 6) is 0.769. The maximum absolute atomic E-state index is 12.0. The molecule has 1 heterocycles. The average molecular weight is 253 g/mol. The van der Waals surface area contributed by atoms with E-state index in [9.17, 15) is 4.79 Å². The van der Waals surface area contributed by atoms with Crippen molar-refractivity contribution in [2.45, 2.75) is 38.1 Å². The summed E-state index contributed by atoms with van der Waals surface area (Å²) in [4.78, 5) is 18.3. The first kappa shape index (κ1) is 13.0. The van der Waals surface area contributed by atoms with Crippen LogP contribution in [0.15, 0.2) is 4.52 Å². The van der Waals surface area contributed by atoms with Crippen molar-refractivity contribution in [2.75, 3.05) is 20.7 Å². The lowest BCUT2D eigenvalue weighted by Gasteiger charge is -2.35. The Morgan fingerprint density at radius 2 is 2.22 bits per heavy atom. The van der Waals surface area contributed by atoms with Gasteiger partial charge < -0.3 is 14.2 Å². The van der Waals surface area contributed by atoms with E-state index < -0.39 is 5.41 Å². The summed E-state index contributed by atoms with van der Waals surface area (Å²) < 4.78 is 10.4. The first-order valence-corrected chi connectivity index (χ1v) is 6.23. The van der Waals surface area contributed by atoms with Crippen molar-refractivity contribution >= 4 is 5.97 Å². The molecule has 0 N–H and O–H groups in total. The van der Waals surface area contributed by atoms with Gasteiger partial charge in [0.1, 0.15) is 5.41 Å². The molecule has 1 saturated carbocycles. The van der Waals surface area contributed by atoms with Crippen LogP contribution in [0, 0.1) is 0 Å². The first-order valence-electron chi connectivity index (χ1n) is 6.23. The lowest BCUT2D eigenvalue weighted by atomic mass is 9.68. The number of carbonyl (C=O) groups is 1. The zero-order valence-corrected chi connectivity index (χ0v) is 11.1. The number of carbonyl (C=O) groups excluding carboxylic acids is 1. The minimum absolute atomic E-state index is 0.240. The summed E-state index contributed by atoms with van der Waals surface area (Å²) in [6.45, 7) is 2.78. The number of esters is 1. The van der Waals surface area contributed by atoms with Gasteiger partial charge in [-0.2, -0.15) is 4.98 Å². The predicted octanol–water partition coefficient (Wildman–Crippen LogP) is 1.12. The summed E-state index contributed by atoms with van der Waals surface area (Å²) in [5, 5.41) is 3.91. The third-order valence-corrected chi connectivity index (χ3v) is 3.21. The molecule has 1 aliphatic carbocycles. The Labute approximate surface area is 106 Å². The molecular formula is C12H19N3O3. The van der Waals surface area contributed by atoms with Crippen LogP contribution in [0.4, 0.5) is 0 Å². The molecule has 0 aromatic carbocycles. The van der Waals surface area contributed by atoms with Gasteiger partial charge in [0, 0.05) is 0 Å². The summed E-state index contributed by atoms with van der Waals surface area (Å²) in [5.41, 5.74) is -0.687. The van der Waals surface area contributed by atoms with Gasteiger partial charge in [-0.15, -0.1) is 0 Å². The standard InChI is InChI=1S/C12H19N3O3/c1-4-17-11(16)12(6-5-7-12)10-13-9(14-18-10)8-15(2)3/h4-8H2,1-3H3. The minimum Gasteiger partial charge on any atom is -0.465 e. The average Bonchev–Trinajstić information content (AvgIpc) is 2.64. The Kier molecular flexibility index (Phi) is 3.65. The Hall–Kier alpha value is -1.43. The van der Waals surface area contributed by atoms with Gasteiger partial charge in [-0.1, -0.05) is 11.6 Å². The molecule has 0 amide bonds. The van der Waals surface area contributed by atoms with Crippen LogP contribution < -0.4 is 0 Å². The molecule has 100 valence electrons. The van der Waals surface area contributed by atoms with E-state index in [0.29, 0.717) is 24.9 Å². The van der Waals surface area contributed by atoms with E-state index in [-0.39, 0.29) is 5.97 Å². The van der Waals surface area contributed by atoms with E-state index >= 15 is 0 Å². The summed E-state index contributed by atoms with van der Waals surface area (Å²) >= 11 is 0. The lowest BCUT2D eigenvalue weighted by Crippen LogP contribution is -2.44. The highest BCUT2D eigenvalue weighted by molar-refractivity contribution is 5.82. The molecule has 0 radical (unpaired) electrons. The fourth-order valence-electron chi connectivity index (χ4n) is 2.10. The number of nitrogens with zero attached hydrogens (tertiary/aromatic N) is 3. The molecule has 0 spiro atoms. The van der Waals surface area contributed by atoms with Gasteiger partial charge >= 0.3 is 5.97 Å². The molecular weight excluding hydrogens is 234 g/mol. The molecule has 18 heavy (non-hydrogen) atoms. The van der Waals surface area contributed by atoms with Gasteiger partial charge in [-0.3, -0.25) is 4.79 Å². The van der Waals surface area contributed by atoms with E-state index in [4.69, 9.17) is 9.26 Å². The van der Waals surface area contributed by atoms with Crippen LogP contribution in [0.3, 0.4) is 0 Å². The van der Waals surface area contributed by atoms with Crippen LogP contribution in [0.1, 0.15) is 37.9 Å². The van der Waals surface area contributed by atoms with Crippen LogP contribution in [0.5, 0.6) is 0 Å². The zero-order valence-electron chi connectivity index (χ0n) is 11.1. The molecule has 1 aromatic rings. The molecule has 1 aliphatic rings. The van der Waals surface area contributed by atoms with Gasteiger partial charge in [0.25, 0.3) is 0 Å². The lowest BCUT2D eigenvalue weighted by molar-refractivity contribution is -0.155. The summed E-state index contributed by atoms with van der Waals surface area (Å²) in [7, 11) is 3.86. The third kappa shape index (κ3) is 2.25. The minimum atomic E-state index is -0.687. The number of hydrogen-bond donors (Lipinski definition) is 0. The Bertz CT molecular complexity index is 424. The quantitative estimate of drug-likeness (QED) is 0.732. The highest BCUT2D eigenvalue weighted by Crippen LogP contribution is 2.44. The maximum atomic E-state index is 12.0. The van der Waals surface area contributed by atoms with Crippen molar-refractivity contribution in [3.63, 3.8) is 0 Å². The number of aromatic nitrogens is 2. The van der Waals surface area contributed by atoms with Crippen LogP contribution in [-0.2, 0) is 21.5 Å². The fourth-order valence-corrected chi connectivity index (χ4v) is 2.10. The maximum Gasteiger partial charge on any atom is 0.321 e. The van der Waals surface area contributed by atoms with Crippen molar-refractivity contribution in [3.8, 4) is 0 Å². The van der Waals surface area contributed by atoms with Crippen molar-refractivity contribution in [3.05, 3.63) is 11.7 Å². The second-order valence-corrected chi connectivity index (χ2v) is 4.91. The number of rotatable bonds is 5. The molecule has 0 bridgehead atoms. The molecule has 0 aliphatic heterocycles. The van der Waals surface area contributed by atoms with E-state index in [0.717, 1.165) is 19.3 Å². The molecule has 1 aromatic heterocycles. The van der Waals surface area contributed by atoms with Crippen molar-refractivity contribution in [2.24, 2.45) is 0 Å². The Morgan fingerprint density at radius 3 is 2.72 bits per heavy atom. The largest absolute Gasteiger partial charge is 0.465 e. The molecule has 0 saturated heterocycles. The monoisotopic (exact) mass is 253 g/mol. The van der Waals surface area contributed by atoms with Crippen LogP contribution in [0.2, 0.25) is 0 Å². The van der Waals surface area contributed by atoms with E-state index in [2.05, 4.69) is 10.1 Å². The smallest absolute Gasteiger partial charge is 0.321 e. The van der Waals surface area contributed by atoms with Crippen LogP contribution in [-0.4, -0.2) is 41.7 Å². The van der Waals surface area contributed by atoms with Gasteiger partial charge in [0.15, 0.2) is 5.82 Å². The fraction of sp³-hybridized carbons (Fsp3) is 0.750. The van der Waals surface area contributed by atoms with Crippen molar-refractivity contribution in [1.29, 1.82) is 0 Å². The van der Waals surface area contributed by atoms with Gasteiger partial charge in [-0.25, -0.2) is 0 Å². The molecule has 1 fully saturated rings. The van der Waals surface area contributed by atoms with E-state index in [1.54, 1.807) is 6.92 Å². The summed E-state index contributed by atoms with van der Waals surface area (Å²) in [6, 6.07) is 0. The highest BCUT2D eigenvalue weighted by Gasteiger charge is 2.51. The van der Waals surface area contributed by atoms with Crippen molar-refractivity contribution < 1.29 is 14.1 Å². The van der Waals surface area contributed by atoms with E-state index in [1.807, 2.05) is 19.0 Å². The molecule has 6 heteroatoms. The predicted molar refractivity (Wildman–Crippen MR) is 63.9 cm³/mol. The number of ether oxygens (including phenoxy) is 1. The second-order valence-electron chi connectivity index (χ2n) is 4.91. The second kappa shape index (κ2) is 5.06. The summed E-state index contributed by atoms with van der Waals surface area (Å²) in [6.07, 6.45) is 2.45. The topological polar surface area (TPSA) is 68.5 Å². The molecule has 2 rings (SSSR count). The van der Waals surface area contributed by atoms with Gasteiger partial charge in [0.2, 0.25) is 5.89 Å². The molecule has 6 nitrogen and oxygen atoms in total. The SMILES string of the molecule is CCOC(=O)C1(c2nc(CN(C)C)no2)CCC1. The van der Waals surface area contributed by atoms with Crippen LogP contribution in [0.25, 0.3) is 0 Å². The van der Waals surface area contributed by atoms with Gasteiger partial charge in [-0.05, 0) is 33.9 Å². The first-order chi connectivity index (χ1) is 8.58. The Balaban J connectivity index is 2.17.